The number of benzene rings is 1. The Kier molecular flexibility index (Phi) is 3.42. The number of pyridine rings is 2. The van der Waals surface area contributed by atoms with Crippen molar-refractivity contribution in [3.8, 4) is 11.1 Å². The van der Waals surface area contributed by atoms with Gasteiger partial charge in [0.2, 0.25) is 6.41 Å². The van der Waals surface area contributed by atoms with Crippen molar-refractivity contribution in [1.29, 1.82) is 0 Å². The van der Waals surface area contributed by atoms with Gasteiger partial charge in [-0.3, -0.25) is 9.78 Å². The number of anilines is 2. The Morgan fingerprint density at radius 1 is 1.27 bits per heavy atom. The lowest BCUT2D eigenvalue weighted by Gasteiger charge is -2.12. The highest BCUT2D eigenvalue weighted by molar-refractivity contribution is 5.98. The van der Waals surface area contributed by atoms with Crippen LogP contribution >= 0.6 is 0 Å². The maximum atomic E-state index is 14.6. The summed E-state index contributed by atoms with van der Waals surface area (Å²) in [6, 6.07) is 5.14. The van der Waals surface area contributed by atoms with Crippen molar-refractivity contribution in [2.24, 2.45) is 0 Å². The third kappa shape index (κ3) is 2.24. The lowest BCUT2D eigenvalue weighted by Crippen LogP contribution is -2.00. The summed E-state index contributed by atoms with van der Waals surface area (Å²) < 4.78 is 14.6. The van der Waals surface area contributed by atoms with Gasteiger partial charge < -0.3 is 11.1 Å². The zero-order valence-corrected chi connectivity index (χ0v) is 11.8. The van der Waals surface area contributed by atoms with Crippen LogP contribution in [0.1, 0.15) is 5.56 Å². The molecule has 0 fully saturated rings. The summed E-state index contributed by atoms with van der Waals surface area (Å²) in [5.41, 5.74) is 7.88. The Morgan fingerprint density at radius 2 is 2.09 bits per heavy atom. The number of nitrogens with zero attached hydrogens (tertiary/aromatic N) is 2. The van der Waals surface area contributed by atoms with E-state index in [1.54, 1.807) is 30.6 Å². The quantitative estimate of drug-likeness (QED) is 0.575. The average Bonchev–Trinajstić information content (AvgIpc) is 2.52. The molecule has 110 valence electrons. The van der Waals surface area contributed by atoms with Crippen molar-refractivity contribution >= 4 is 28.7 Å². The van der Waals surface area contributed by atoms with Gasteiger partial charge in [0.1, 0.15) is 5.82 Å². The van der Waals surface area contributed by atoms with E-state index in [-0.39, 0.29) is 5.69 Å². The van der Waals surface area contributed by atoms with Gasteiger partial charge in [0.05, 0.1) is 5.69 Å². The summed E-state index contributed by atoms with van der Waals surface area (Å²) in [5.74, 6) is -0.121. The molecule has 6 heteroatoms. The number of rotatable bonds is 3. The molecule has 3 aromatic rings. The van der Waals surface area contributed by atoms with Crippen molar-refractivity contribution in [1.82, 2.24) is 9.97 Å². The normalized spacial score (nSPS) is 10.6. The second kappa shape index (κ2) is 5.40. The van der Waals surface area contributed by atoms with Crippen molar-refractivity contribution in [2.45, 2.75) is 6.92 Å². The highest BCUT2D eigenvalue weighted by Crippen LogP contribution is 2.34. The van der Waals surface area contributed by atoms with E-state index >= 15 is 0 Å². The second-order valence-electron chi connectivity index (χ2n) is 4.90. The summed E-state index contributed by atoms with van der Waals surface area (Å²) in [4.78, 5) is 18.6. The molecule has 0 bridgehead atoms. The van der Waals surface area contributed by atoms with Crippen LogP contribution in [-0.2, 0) is 4.79 Å². The molecule has 0 unspecified atom stereocenters. The summed E-state index contributed by atoms with van der Waals surface area (Å²) in [5, 5.41) is 3.66. The van der Waals surface area contributed by atoms with Gasteiger partial charge in [-0.15, -0.1) is 0 Å². The number of aromatic nitrogens is 2. The number of hydrogen-bond acceptors (Lipinski definition) is 4. The summed E-state index contributed by atoms with van der Waals surface area (Å²) >= 11 is 0. The standard InChI is InChI=1S/C16H13FN4O/c1-9-2-3-19-6-12(9)11-4-10-5-14(21-8-22)20-7-13(10)16(18)15(11)17/h2-8H,18H2,1H3,(H,20,21,22). The van der Waals surface area contributed by atoms with E-state index in [1.807, 2.05) is 6.92 Å². The van der Waals surface area contributed by atoms with Crippen LogP contribution in [0.15, 0.2) is 36.8 Å². The lowest BCUT2D eigenvalue weighted by molar-refractivity contribution is -0.105. The number of nitrogens with one attached hydrogen (secondary N) is 1. The fourth-order valence-corrected chi connectivity index (χ4v) is 2.38. The molecule has 0 saturated carbocycles. The molecule has 0 aliphatic heterocycles. The molecule has 2 aromatic heterocycles. The zero-order chi connectivity index (χ0) is 15.7. The molecule has 3 rings (SSSR count). The van der Waals surface area contributed by atoms with E-state index in [0.29, 0.717) is 34.1 Å². The van der Waals surface area contributed by atoms with Gasteiger partial charge in [0, 0.05) is 35.1 Å². The number of amides is 1. The van der Waals surface area contributed by atoms with Crippen LogP contribution in [0.5, 0.6) is 0 Å². The van der Waals surface area contributed by atoms with Crippen LogP contribution in [0.2, 0.25) is 0 Å². The Hall–Kier alpha value is -3.02. The van der Waals surface area contributed by atoms with Crippen LogP contribution in [0.4, 0.5) is 15.9 Å². The molecule has 0 aliphatic rings. The highest BCUT2D eigenvalue weighted by atomic mass is 19.1. The van der Waals surface area contributed by atoms with E-state index in [0.717, 1.165) is 5.56 Å². The molecule has 0 radical (unpaired) electrons. The minimum absolute atomic E-state index is 0.0286. The van der Waals surface area contributed by atoms with Crippen molar-refractivity contribution in [3.05, 3.63) is 48.2 Å². The first-order valence-corrected chi connectivity index (χ1v) is 6.60. The van der Waals surface area contributed by atoms with Crippen molar-refractivity contribution in [2.75, 3.05) is 11.1 Å². The largest absolute Gasteiger partial charge is 0.396 e. The Bertz CT molecular complexity index is 879. The first-order chi connectivity index (χ1) is 10.6. The summed E-state index contributed by atoms with van der Waals surface area (Å²) in [7, 11) is 0. The predicted molar refractivity (Wildman–Crippen MR) is 83.8 cm³/mol. The van der Waals surface area contributed by atoms with Gasteiger partial charge in [-0.2, -0.15) is 0 Å². The number of fused-ring (bicyclic) bond motifs is 1. The minimum Gasteiger partial charge on any atom is -0.396 e. The van der Waals surface area contributed by atoms with E-state index in [9.17, 15) is 9.18 Å². The maximum Gasteiger partial charge on any atom is 0.212 e. The molecule has 1 aromatic carbocycles. The number of nitrogen functional groups attached to an aromatic ring is 1. The fraction of sp³-hybridized carbons (Fsp3) is 0.0625. The highest BCUT2D eigenvalue weighted by Gasteiger charge is 2.15. The number of carbonyl (C=O) groups is 1. The van der Waals surface area contributed by atoms with E-state index < -0.39 is 5.82 Å². The summed E-state index contributed by atoms with van der Waals surface area (Å²) in [6.07, 6.45) is 5.23. The van der Waals surface area contributed by atoms with Crippen LogP contribution in [0, 0.1) is 12.7 Å². The molecular formula is C16H13FN4O. The predicted octanol–water partition coefficient (Wildman–Crippen LogP) is 2.89. The van der Waals surface area contributed by atoms with Gasteiger partial charge in [-0.05, 0) is 36.1 Å². The van der Waals surface area contributed by atoms with Crippen LogP contribution in [0.25, 0.3) is 21.9 Å². The number of halogens is 1. The first kappa shape index (κ1) is 13.9. The van der Waals surface area contributed by atoms with Crippen LogP contribution in [0.3, 0.4) is 0 Å². The minimum atomic E-state index is -0.499. The van der Waals surface area contributed by atoms with Crippen LogP contribution < -0.4 is 11.1 Å². The van der Waals surface area contributed by atoms with E-state index in [1.165, 1.54) is 6.20 Å². The molecule has 2 heterocycles. The van der Waals surface area contributed by atoms with Gasteiger partial charge in [0.15, 0.2) is 5.82 Å². The lowest BCUT2D eigenvalue weighted by atomic mass is 9.98. The molecule has 3 N–H and O–H groups in total. The zero-order valence-electron chi connectivity index (χ0n) is 11.8. The molecule has 0 saturated heterocycles. The molecule has 0 atom stereocenters. The van der Waals surface area contributed by atoms with Gasteiger partial charge in [-0.1, -0.05) is 0 Å². The van der Waals surface area contributed by atoms with E-state index in [2.05, 4.69) is 15.3 Å². The maximum absolute atomic E-state index is 14.6. The molecule has 0 spiro atoms. The molecule has 1 amide bonds. The molecule has 0 aliphatic carbocycles. The van der Waals surface area contributed by atoms with Gasteiger partial charge in [-0.25, -0.2) is 9.37 Å². The average molecular weight is 296 g/mol. The van der Waals surface area contributed by atoms with Crippen molar-refractivity contribution in [3.63, 3.8) is 0 Å². The van der Waals surface area contributed by atoms with Crippen LogP contribution in [-0.4, -0.2) is 16.4 Å². The van der Waals surface area contributed by atoms with Gasteiger partial charge >= 0.3 is 0 Å². The smallest absolute Gasteiger partial charge is 0.212 e. The Balaban J connectivity index is 2.29. The third-order valence-corrected chi connectivity index (χ3v) is 3.53. The molecule has 5 nitrogen and oxygen atoms in total. The monoisotopic (exact) mass is 296 g/mol. The number of hydrogen-bond donors (Lipinski definition) is 2. The van der Waals surface area contributed by atoms with Gasteiger partial charge in [0.25, 0.3) is 0 Å². The number of carbonyl (C=O) groups excluding carboxylic acids is 1. The summed E-state index contributed by atoms with van der Waals surface area (Å²) in [6.45, 7) is 1.88. The Labute approximate surface area is 126 Å². The SMILES string of the molecule is Cc1ccncc1-c1cc2cc(NC=O)ncc2c(N)c1F. The molecular weight excluding hydrogens is 283 g/mol. The second-order valence-corrected chi connectivity index (χ2v) is 4.90. The topological polar surface area (TPSA) is 80.9 Å². The first-order valence-electron chi connectivity index (χ1n) is 6.60. The third-order valence-electron chi connectivity index (χ3n) is 3.53. The molecule has 22 heavy (non-hydrogen) atoms. The van der Waals surface area contributed by atoms with E-state index in [4.69, 9.17) is 5.73 Å². The number of nitrogens with two attached hydrogens (primary N) is 1. The Morgan fingerprint density at radius 3 is 2.82 bits per heavy atom. The fourth-order valence-electron chi connectivity index (χ4n) is 2.38. The number of aryl methyl sites for hydroxylation is 1. The van der Waals surface area contributed by atoms with Crippen molar-refractivity contribution < 1.29 is 9.18 Å².